The van der Waals surface area contributed by atoms with Gasteiger partial charge in [0, 0.05) is 18.6 Å². The van der Waals surface area contributed by atoms with Crippen molar-refractivity contribution in [3.8, 4) is 0 Å². The van der Waals surface area contributed by atoms with Crippen molar-refractivity contribution in [2.75, 3.05) is 24.6 Å². The molecule has 1 aliphatic rings. The lowest BCUT2D eigenvalue weighted by Gasteiger charge is -2.34. The molecule has 1 fully saturated rings. The fraction of sp³-hybridized carbons (Fsp3) is 0.846. The van der Waals surface area contributed by atoms with E-state index < -0.39 is 21.8 Å². The van der Waals surface area contributed by atoms with E-state index in [0.717, 1.165) is 12.8 Å². The quantitative estimate of drug-likeness (QED) is 0.677. The summed E-state index contributed by atoms with van der Waals surface area (Å²) in [6, 6.07) is -0.530. The fourth-order valence-electron chi connectivity index (χ4n) is 2.47. The molecule has 2 N–H and O–H groups in total. The lowest BCUT2D eigenvalue weighted by Crippen LogP contribution is -2.53. The highest BCUT2D eigenvalue weighted by Crippen LogP contribution is 2.14. The van der Waals surface area contributed by atoms with Crippen LogP contribution in [0.5, 0.6) is 0 Å². The van der Waals surface area contributed by atoms with Crippen molar-refractivity contribution in [3.63, 3.8) is 0 Å². The Kier molecular flexibility index (Phi) is 6.60. The highest BCUT2D eigenvalue weighted by Gasteiger charge is 2.33. The Morgan fingerprint density at radius 2 is 1.95 bits per heavy atom. The third-order valence-corrected chi connectivity index (χ3v) is 5.46. The maximum atomic E-state index is 12.0. The average molecular weight is 320 g/mol. The van der Waals surface area contributed by atoms with Crippen molar-refractivity contribution >= 4 is 21.7 Å². The van der Waals surface area contributed by atoms with E-state index in [-0.39, 0.29) is 43.0 Å². The molecule has 0 spiro atoms. The van der Waals surface area contributed by atoms with Crippen molar-refractivity contribution in [1.29, 1.82) is 0 Å². The number of carbonyl (C=O) groups excluding carboxylic acids is 1. The summed E-state index contributed by atoms with van der Waals surface area (Å²) >= 11 is 0. The standard InChI is InChI=1S/C13H24N2O5S/c1-3-10(4-2)14-12(16)8-15-5-6-21(19,20)9-11(15)7-13(17)18/h10-11H,3-9H2,1-2H3,(H,14,16)(H,17,18). The maximum absolute atomic E-state index is 12.0. The van der Waals surface area contributed by atoms with E-state index in [1.54, 1.807) is 4.90 Å². The zero-order valence-corrected chi connectivity index (χ0v) is 13.4. The zero-order valence-electron chi connectivity index (χ0n) is 12.5. The molecule has 1 rings (SSSR count). The third-order valence-electron chi connectivity index (χ3n) is 3.76. The van der Waals surface area contributed by atoms with Gasteiger partial charge in [-0.05, 0) is 12.8 Å². The molecule has 122 valence electrons. The molecule has 0 saturated carbocycles. The van der Waals surface area contributed by atoms with Crippen LogP contribution in [-0.2, 0) is 19.4 Å². The molecule has 1 aliphatic heterocycles. The molecule has 0 aromatic heterocycles. The summed E-state index contributed by atoms with van der Waals surface area (Å²) in [6.45, 7) is 4.21. The summed E-state index contributed by atoms with van der Waals surface area (Å²) in [5.41, 5.74) is 0. The van der Waals surface area contributed by atoms with Crippen molar-refractivity contribution in [2.24, 2.45) is 0 Å². The number of sulfone groups is 1. The number of hydrogen-bond donors (Lipinski definition) is 2. The summed E-state index contributed by atoms with van der Waals surface area (Å²) in [5.74, 6) is -1.46. The topological polar surface area (TPSA) is 104 Å². The number of aliphatic carboxylic acids is 1. The number of hydrogen-bond acceptors (Lipinski definition) is 5. The molecule has 1 atom stereocenters. The highest BCUT2D eigenvalue weighted by molar-refractivity contribution is 7.91. The molecule has 0 bridgehead atoms. The summed E-state index contributed by atoms with van der Waals surface area (Å²) in [5, 5.41) is 11.8. The number of rotatable bonds is 7. The Hall–Kier alpha value is -1.15. The predicted molar refractivity (Wildman–Crippen MR) is 78.8 cm³/mol. The van der Waals surface area contributed by atoms with E-state index in [4.69, 9.17) is 5.11 Å². The van der Waals surface area contributed by atoms with Crippen LogP contribution in [0.1, 0.15) is 33.1 Å². The van der Waals surface area contributed by atoms with E-state index in [1.165, 1.54) is 0 Å². The van der Waals surface area contributed by atoms with Crippen molar-refractivity contribution in [1.82, 2.24) is 10.2 Å². The van der Waals surface area contributed by atoms with Gasteiger partial charge in [0.15, 0.2) is 9.84 Å². The molecule has 1 amide bonds. The first kappa shape index (κ1) is 17.9. The van der Waals surface area contributed by atoms with Crippen LogP contribution in [0.15, 0.2) is 0 Å². The number of carbonyl (C=O) groups is 2. The molecule has 1 heterocycles. The van der Waals surface area contributed by atoms with Crippen LogP contribution < -0.4 is 5.32 Å². The SMILES string of the molecule is CCC(CC)NC(=O)CN1CCS(=O)(=O)CC1CC(=O)O. The van der Waals surface area contributed by atoms with Crippen LogP contribution >= 0.6 is 0 Å². The van der Waals surface area contributed by atoms with E-state index in [9.17, 15) is 18.0 Å². The smallest absolute Gasteiger partial charge is 0.304 e. The van der Waals surface area contributed by atoms with Gasteiger partial charge < -0.3 is 10.4 Å². The van der Waals surface area contributed by atoms with Gasteiger partial charge in [0.2, 0.25) is 5.91 Å². The van der Waals surface area contributed by atoms with Gasteiger partial charge in [0.05, 0.1) is 24.5 Å². The molecule has 8 heteroatoms. The molecular weight excluding hydrogens is 296 g/mol. The minimum absolute atomic E-state index is 0.0264. The van der Waals surface area contributed by atoms with E-state index >= 15 is 0 Å². The first-order chi connectivity index (χ1) is 9.77. The summed E-state index contributed by atoms with van der Waals surface area (Å²) in [4.78, 5) is 24.5. The number of carboxylic acid groups (broad SMARTS) is 1. The van der Waals surface area contributed by atoms with Gasteiger partial charge in [0.25, 0.3) is 0 Å². The molecule has 1 unspecified atom stereocenters. The minimum Gasteiger partial charge on any atom is -0.481 e. The largest absolute Gasteiger partial charge is 0.481 e. The Balaban J connectivity index is 2.66. The van der Waals surface area contributed by atoms with Crippen molar-refractivity contribution < 1.29 is 23.1 Å². The summed E-state index contributed by atoms with van der Waals surface area (Å²) in [7, 11) is -3.22. The Labute approximate surface area is 125 Å². The normalized spacial score (nSPS) is 22.1. The van der Waals surface area contributed by atoms with Gasteiger partial charge >= 0.3 is 5.97 Å². The first-order valence-electron chi connectivity index (χ1n) is 7.23. The molecular formula is C13H24N2O5S. The molecule has 21 heavy (non-hydrogen) atoms. The Morgan fingerprint density at radius 3 is 2.48 bits per heavy atom. The van der Waals surface area contributed by atoms with Gasteiger partial charge in [-0.3, -0.25) is 14.5 Å². The van der Waals surface area contributed by atoms with Crippen LogP contribution in [0.4, 0.5) is 0 Å². The second-order valence-electron chi connectivity index (χ2n) is 5.42. The van der Waals surface area contributed by atoms with E-state index in [0.29, 0.717) is 0 Å². The number of nitrogens with zero attached hydrogens (tertiary/aromatic N) is 1. The van der Waals surface area contributed by atoms with Gasteiger partial charge in [-0.2, -0.15) is 0 Å². The van der Waals surface area contributed by atoms with Gasteiger partial charge in [-0.1, -0.05) is 13.8 Å². The van der Waals surface area contributed by atoms with Gasteiger partial charge in [0.1, 0.15) is 0 Å². The molecule has 0 radical (unpaired) electrons. The Bertz CT molecular complexity index is 473. The number of amides is 1. The fourth-order valence-corrected chi connectivity index (χ4v) is 4.06. The van der Waals surface area contributed by atoms with Crippen LogP contribution in [-0.4, -0.2) is 67.0 Å². The van der Waals surface area contributed by atoms with Crippen molar-refractivity contribution in [3.05, 3.63) is 0 Å². The molecule has 0 aliphatic carbocycles. The van der Waals surface area contributed by atoms with Crippen LogP contribution in [0.2, 0.25) is 0 Å². The second-order valence-corrected chi connectivity index (χ2v) is 7.65. The minimum atomic E-state index is -3.22. The molecule has 0 aromatic carbocycles. The zero-order chi connectivity index (χ0) is 16.0. The molecule has 1 saturated heterocycles. The summed E-state index contributed by atoms with van der Waals surface area (Å²) in [6.07, 6.45) is 1.39. The molecule has 7 nitrogen and oxygen atoms in total. The monoisotopic (exact) mass is 320 g/mol. The first-order valence-corrected chi connectivity index (χ1v) is 9.05. The number of carboxylic acids is 1. The highest BCUT2D eigenvalue weighted by atomic mass is 32.2. The lowest BCUT2D eigenvalue weighted by atomic mass is 10.1. The van der Waals surface area contributed by atoms with E-state index in [1.807, 2.05) is 13.8 Å². The van der Waals surface area contributed by atoms with Gasteiger partial charge in [-0.15, -0.1) is 0 Å². The van der Waals surface area contributed by atoms with Crippen LogP contribution in [0.25, 0.3) is 0 Å². The van der Waals surface area contributed by atoms with E-state index in [2.05, 4.69) is 5.32 Å². The lowest BCUT2D eigenvalue weighted by molar-refractivity contribution is -0.139. The predicted octanol–water partition coefficient (Wildman–Crippen LogP) is -0.135. The maximum Gasteiger partial charge on any atom is 0.304 e. The van der Waals surface area contributed by atoms with Crippen LogP contribution in [0.3, 0.4) is 0 Å². The van der Waals surface area contributed by atoms with Gasteiger partial charge in [-0.25, -0.2) is 8.42 Å². The second kappa shape index (κ2) is 7.74. The average Bonchev–Trinajstić information content (AvgIpc) is 2.38. The van der Waals surface area contributed by atoms with Crippen molar-refractivity contribution in [2.45, 2.75) is 45.2 Å². The molecule has 0 aromatic rings. The number of nitrogens with one attached hydrogen (secondary N) is 1. The van der Waals surface area contributed by atoms with Crippen LogP contribution in [0, 0.1) is 0 Å². The summed E-state index contributed by atoms with van der Waals surface area (Å²) < 4.78 is 23.2. The third kappa shape index (κ3) is 6.01. The Morgan fingerprint density at radius 1 is 1.33 bits per heavy atom.